The number of aromatic nitrogens is 1. The molecular formula is C13H16N2. The molecule has 0 unspecified atom stereocenters. The van der Waals surface area contributed by atoms with Crippen LogP contribution < -0.4 is 5.73 Å². The van der Waals surface area contributed by atoms with Gasteiger partial charge in [0.1, 0.15) is 0 Å². The van der Waals surface area contributed by atoms with Gasteiger partial charge in [0.25, 0.3) is 0 Å². The zero-order chi connectivity index (χ0) is 11.0. The lowest BCUT2D eigenvalue weighted by Gasteiger charge is -2.09. The molecule has 1 aromatic carbocycles. The van der Waals surface area contributed by atoms with E-state index < -0.39 is 0 Å². The SMILES string of the molecule is Cc1nc2ccc(CN)cc2c(C)c1C. The lowest BCUT2D eigenvalue weighted by atomic mass is 10.0. The van der Waals surface area contributed by atoms with E-state index in [-0.39, 0.29) is 0 Å². The van der Waals surface area contributed by atoms with Gasteiger partial charge in [-0.25, -0.2) is 0 Å². The van der Waals surface area contributed by atoms with Crippen LogP contribution in [-0.4, -0.2) is 4.98 Å². The Bertz CT molecular complexity index is 515. The van der Waals surface area contributed by atoms with Gasteiger partial charge in [0.2, 0.25) is 0 Å². The quantitative estimate of drug-likeness (QED) is 0.768. The normalized spacial score (nSPS) is 10.9. The van der Waals surface area contributed by atoms with Gasteiger partial charge >= 0.3 is 0 Å². The highest BCUT2D eigenvalue weighted by atomic mass is 14.7. The van der Waals surface area contributed by atoms with Crippen molar-refractivity contribution in [2.45, 2.75) is 27.3 Å². The molecule has 0 aliphatic rings. The van der Waals surface area contributed by atoms with Gasteiger partial charge in [-0.05, 0) is 49.6 Å². The van der Waals surface area contributed by atoms with Crippen molar-refractivity contribution < 1.29 is 0 Å². The van der Waals surface area contributed by atoms with Crippen LogP contribution in [0.25, 0.3) is 10.9 Å². The number of nitrogens with zero attached hydrogens (tertiary/aromatic N) is 1. The maximum Gasteiger partial charge on any atom is 0.0708 e. The number of pyridine rings is 1. The van der Waals surface area contributed by atoms with Gasteiger partial charge in [0.15, 0.2) is 0 Å². The Morgan fingerprint density at radius 1 is 1.13 bits per heavy atom. The van der Waals surface area contributed by atoms with E-state index in [1.807, 2.05) is 6.07 Å². The van der Waals surface area contributed by atoms with E-state index in [0.717, 1.165) is 16.8 Å². The van der Waals surface area contributed by atoms with E-state index >= 15 is 0 Å². The topological polar surface area (TPSA) is 38.9 Å². The van der Waals surface area contributed by atoms with Crippen LogP contribution in [-0.2, 0) is 6.54 Å². The Kier molecular flexibility index (Phi) is 2.45. The molecule has 0 radical (unpaired) electrons. The minimum absolute atomic E-state index is 0.586. The summed E-state index contributed by atoms with van der Waals surface area (Å²) in [4.78, 5) is 4.57. The second kappa shape index (κ2) is 3.63. The van der Waals surface area contributed by atoms with Crippen molar-refractivity contribution in [1.82, 2.24) is 4.98 Å². The molecule has 0 spiro atoms. The monoisotopic (exact) mass is 200 g/mol. The van der Waals surface area contributed by atoms with Crippen molar-refractivity contribution >= 4 is 10.9 Å². The molecule has 0 aliphatic heterocycles. The molecule has 2 aromatic rings. The molecule has 1 heterocycles. The molecule has 2 nitrogen and oxygen atoms in total. The maximum absolute atomic E-state index is 5.64. The van der Waals surface area contributed by atoms with Crippen molar-refractivity contribution in [2.75, 3.05) is 0 Å². The van der Waals surface area contributed by atoms with Crippen LogP contribution >= 0.6 is 0 Å². The van der Waals surface area contributed by atoms with Gasteiger partial charge in [-0.2, -0.15) is 0 Å². The lowest BCUT2D eigenvalue weighted by molar-refractivity contribution is 1.07. The highest BCUT2D eigenvalue weighted by molar-refractivity contribution is 5.84. The molecule has 2 heteroatoms. The molecule has 0 bridgehead atoms. The van der Waals surface area contributed by atoms with Crippen LogP contribution in [0.1, 0.15) is 22.4 Å². The fraction of sp³-hybridized carbons (Fsp3) is 0.308. The van der Waals surface area contributed by atoms with Crippen molar-refractivity contribution in [2.24, 2.45) is 5.73 Å². The predicted molar refractivity (Wildman–Crippen MR) is 63.8 cm³/mol. The van der Waals surface area contributed by atoms with Gasteiger partial charge in [0.05, 0.1) is 5.52 Å². The van der Waals surface area contributed by atoms with Crippen LogP contribution in [0.4, 0.5) is 0 Å². The molecule has 1 aromatic heterocycles. The Labute approximate surface area is 90.1 Å². The summed E-state index contributed by atoms with van der Waals surface area (Å²) in [6.45, 7) is 6.90. The van der Waals surface area contributed by atoms with Gasteiger partial charge < -0.3 is 5.73 Å². The van der Waals surface area contributed by atoms with Crippen LogP contribution in [0, 0.1) is 20.8 Å². The largest absolute Gasteiger partial charge is 0.326 e. The van der Waals surface area contributed by atoms with Gasteiger partial charge in [-0.1, -0.05) is 6.07 Å². The minimum atomic E-state index is 0.586. The number of aryl methyl sites for hydroxylation is 2. The van der Waals surface area contributed by atoms with E-state index in [0.29, 0.717) is 6.54 Å². The van der Waals surface area contributed by atoms with Crippen LogP contribution in [0.3, 0.4) is 0 Å². The molecule has 0 saturated carbocycles. The number of hydrogen-bond donors (Lipinski definition) is 1. The molecule has 0 atom stereocenters. The van der Waals surface area contributed by atoms with E-state index in [9.17, 15) is 0 Å². The number of benzene rings is 1. The third kappa shape index (κ3) is 1.61. The molecule has 15 heavy (non-hydrogen) atoms. The van der Waals surface area contributed by atoms with Crippen molar-refractivity contribution in [3.05, 3.63) is 40.6 Å². The number of nitrogens with two attached hydrogens (primary N) is 1. The number of rotatable bonds is 1. The second-order valence-corrected chi connectivity index (χ2v) is 4.00. The average molecular weight is 200 g/mol. The van der Waals surface area contributed by atoms with Gasteiger partial charge in [-0.15, -0.1) is 0 Å². The molecule has 2 rings (SSSR count). The first-order valence-electron chi connectivity index (χ1n) is 5.20. The zero-order valence-corrected chi connectivity index (χ0v) is 9.46. The summed E-state index contributed by atoms with van der Waals surface area (Å²) >= 11 is 0. The van der Waals surface area contributed by atoms with Crippen LogP contribution in [0.5, 0.6) is 0 Å². The standard InChI is InChI=1S/C13H16N2/c1-8-9(2)12-6-11(7-14)4-5-13(12)15-10(8)3/h4-6H,7,14H2,1-3H3. The van der Waals surface area contributed by atoms with Crippen LogP contribution in [0.15, 0.2) is 18.2 Å². The molecule has 0 fully saturated rings. The Morgan fingerprint density at radius 3 is 2.53 bits per heavy atom. The summed E-state index contributed by atoms with van der Waals surface area (Å²) in [5.41, 5.74) is 11.6. The Morgan fingerprint density at radius 2 is 1.87 bits per heavy atom. The molecule has 0 saturated heterocycles. The van der Waals surface area contributed by atoms with Crippen molar-refractivity contribution in [3.63, 3.8) is 0 Å². The highest BCUT2D eigenvalue weighted by Gasteiger charge is 2.05. The number of hydrogen-bond acceptors (Lipinski definition) is 2. The summed E-state index contributed by atoms with van der Waals surface area (Å²) in [7, 11) is 0. The Hall–Kier alpha value is -1.41. The summed E-state index contributed by atoms with van der Waals surface area (Å²) in [6.07, 6.45) is 0. The highest BCUT2D eigenvalue weighted by Crippen LogP contribution is 2.22. The molecule has 0 aliphatic carbocycles. The number of fused-ring (bicyclic) bond motifs is 1. The lowest BCUT2D eigenvalue weighted by Crippen LogP contribution is -1.98. The molecule has 2 N–H and O–H groups in total. The molecular weight excluding hydrogens is 184 g/mol. The average Bonchev–Trinajstić information content (AvgIpc) is 2.26. The van der Waals surface area contributed by atoms with E-state index in [1.165, 1.54) is 16.5 Å². The summed E-state index contributed by atoms with van der Waals surface area (Å²) < 4.78 is 0. The fourth-order valence-corrected chi connectivity index (χ4v) is 1.85. The molecule has 78 valence electrons. The van der Waals surface area contributed by atoms with Crippen molar-refractivity contribution in [3.8, 4) is 0 Å². The first kappa shape index (κ1) is 10.1. The van der Waals surface area contributed by atoms with Crippen molar-refractivity contribution in [1.29, 1.82) is 0 Å². The van der Waals surface area contributed by atoms with Crippen LogP contribution in [0.2, 0.25) is 0 Å². The zero-order valence-electron chi connectivity index (χ0n) is 9.46. The third-order valence-electron chi connectivity index (χ3n) is 3.09. The van der Waals surface area contributed by atoms with Gasteiger partial charge in [0, 0.05) is 17.6 Å². The van der Waals surface area contributed by atoms with E-state index in [2.05, 4.69) is 37.9 Å². The summed E-state index contributed by atoms with van der Waals surface area (Å²) in [6, 6.07) is 6.24. The smallest absolute Gasteiger partial charge is 0.0708 e. The second-order valence-electron chi connectivity index (χ2n) is 4.00. The van der Waals surface area contributed by atoms with E-state index in [1.54, 1.807) is 0 Å². The first-order chi connectivity index (χ1) is 7.13. The van der Waals surface area contributed by atoms with Gasteiger partial charge in [-0.3, -0.25) is 4.98 Å². The summed E-state index contributed by atoms with van der Waals surface area (Å²) in [5.74, 6) is 0. The molecule has 0 amide bonds. The third-order valence-corrected chi connectivity index (χ3v) is 3.09. The minimum Gasteiger partial charge on any atom is -0.326 e. The fourth-order valence-electron chi connectivity index (χ4n) is 1.85. The first-order valence-corrected chi connectivity index (χ1v) is 5.20. The summed E-state index contributed by atoms with van der Waals surface area (Å²) in [5, 5.41) is 1.22. The maximum atomic E-state index is 5.64. The predicted octanol–water partition coefficient (Wildman–Crippen LogP) is 2.62. The Balaban J connectivity index is 2.81. The van der Waals surface area contributed by atoms with E-state index in [4.69, 9.17) is 5.73 Å².